The Kier molecular flexibility index (Phi) is 3.07. The summed E-state index contributed by atoms with van der Waals surface area (Å²) in [6.07, 6.45) is 3.81. The van der Waals surface area contributed by atoms with Crippen LogP contribution in [-0.4, -0.2) is 16.1 Å². The summed E-state index contributed by atoms with van der Waals surface area (Å²) in [5.74, 6) is 0.879. The van der Waals surface area contributed by atoms with Crippen molar-refractivity contribution in [1.82, 2.24) is 9.55 Å². The van der Waals surface area contributed by atoms with E-state index in [0.29, 0.717) is 5.33 Å². The minimum Gasteiger partial charge on any atom is -0.362 e. The Hall–Kier alpha value is -1.36. The molecular weight excluding hydrogens is 297 g/mol. The van der Waals surface area contributed by atoms with Gasteiger partial charge in [-0.05, 0) is 12.1 Å². The molecule has 94 valence electrons. The van der Waals surface area contributed by atoms with Crippen molar-refractivity contribution in [3.63, 3.8) is 0 Å². The lowest BCUT2D eigenvalue weighted by Gasteiger charge is -2.31. The van der Waals surface area contributed by atoms with E-state index in [1.54, 1.807) is 6.07 Å². The number of alkyl halides is 1. The first kappa shape index (κ1) is 11.7. The Labute approximate surface area is 113 Å². The molecule has 0 atom stereocenters. The van der Waals surface area contributed by atoms with Gasteiger partial charge in [0.2, 0.25) is 0 Å². The minimum atomic E-state index is -0.154. The molecule has 0 N–H and O–H groups in total. The zero-order chi connectivity index (χ0) is 12.5. The average Bonchev–Trinajstić information content (AvgIpc) is 2.85. The second kappa shape index (κ2) is 4.72. The fourth-order valence-corrected chi connectivity index (χ4v) is 2.91. The Morgan fingerprint density at radius 2 is 2.22 bits per heavy atom. The third-order valence-corrected chi connectivity index (χ3v) is 3.87. The van der Waals surface area contributed by atoms with Gasteiger partial charge in [0.15, 0.2) is 0 Å². The smallest absolute Gasteiger partial charge is 0.129 e. The standard InChI is InChI=1S/C13H13BrFN3/c14-8-10-11(15)2-1-3-12(10)18-7-6-17-5-4-16-13(17)9-18/h1-5H,6-9H2. The number of halogens is 2. The molecule has 0 saturated heterocycles. The molecule has 2 aromatic rings. The summed E-state index contributed by atoms with van der Waals surface area (Å²) in [4.78, 5) is 6.51. The second-order valence-corrected chi connectivity index (χ2v) is 4.89. The van der Waals surface area contributed by atoms with Crippen LogP contribution in [0.4, 0.5) is 10.1 Å². The molecule has 1 aromatic heterocycles. The molecule has 18 heavy (non-hydrogen) atoms. The molecule has 3 nitrogen and oxygen atoms in total. The van der Waals surface area contributed by atoms with Crippen molar-refractivity contribution >= 4 is 21.6 Å². The van der Waals surface area contributed by atoms with Gasteiger partial charge in [0.05, 0.1) is 6.54 Å². The first-order valence-electron chi connectivity index (χ1n) is 5.88. The molecule has 1 aliphatic heterocycles. The van der Waals surface area contributed by atoms with Gasteiger partial charge in [-0.25, -0.2) is 9.37 Å². The van der Waals surface area contributed by atoms with E-state index >= 15 is 0 Å². The molecule has 5 heteroatoms. The maximum Gasteiger partial charge on any atom is 0.129 e. The molecule has 1 aromatic carbocycles. The highest BCUT2D eigenvalue weighted by Gasteiger charge is 2.20. The second-order valence-electron chi connectivity index (χ2n) is 4.33. The highest BCUT2D eigenvalue weighted by Crippen LogP contribution is 2.28. The number of benzene rings is 1. The van der Waals surface area contributed by atoms with Crippen molar-refractivity contribution in [2.75, 3.05) is 11.4 Å². The largest absolute Gasteiger partial charge is 0.362 e. The quantitative estimate of drug-likeness (QED) is 0.795. The summed E-state index contributed by atoms with van der Waals surface area (Å²) in [7, 11) is 0. The Balaban J connectivity index is 1.95. The molecule has 1 aliphatic rings. The molecule has 0 radical (unpaired) electrons. The van der Waals surface area contributed by atoms with Gasteiger partial charge >= 0.3 is 0 Å². The van der Waals surface area contributed by atoms with Crippen LogP contribution in [0.2, 0.25) is 0 Å². The van der Waals surface area contributed by atoms with Crippen LogP contribution < -0.4 is 4.90 Å². The van der Waals surface area contributed by atoms with Crippen LogP contribution in [0.3, 0.4) is 0 Å². The zero-order valence-corrected chi connectivity index (χ0v) is 11.4. The summed E-state index contributed by atoms with van der Waals surface area (Å²) >= 11 is 3.36. The molecule has 0 amide bonds. The van der Waals surface area contributed by atoms with E-state index in [0.717, 1.165) is 36.7 Å². The minimum absolute atomic E-state index is 0.154. The third-order valence-electron chi connectivity index (χ3n) is 3.31. The van der Waals surface area contributed by atoms with Crippen molar-refractivity contribution in [3.05, 3.63) is 47.8 Å². The molecule has 2 heterocycles. The van der Waals surface area contributed by atoms with E-state index in [9.17, 15) is 4.39 Å². The van der Waals surface area contributed by atoms with Crippen LogP contribution in [0.25, 0.3) is 0 Å². The van der Waals surface area contributed by atoms with Gasteiger partial charge in [0, 0.05) is 42.1 Å². The zero-order valence-electron chi connectivity index (χ0n) is 9.81. The van der Waals surface area contributed by atoms with Gasteiger partial charge in [-0.3, -0.25) is 0 Å². The predicted molar refractivity (Wildman–Crippen MR) is 72.3 cm³/mol. The van der Waals surface area contributed by atoms with Gasteiger partial charge in [0.25, 0.3) is 0 Å². The molecule has 0 spiro atoms. The number of fused-ring (bicyclic) bond motifs is 1. The average molecular weight is 310 g/mol. The molecule has 0 aliphatic carbocycles. The fraction of sp³-hybridized carbons (Fsp3) is 0.308. The Morgan fingerprint density at radius 1 is 1.33 bits per heavy atom. The molecule has 0 unspecified atom stereocenters. The van der Waals surface area contributed by atoms with Crippen LogP contribution in [0.1, 0.15) is 11.4 Å². The number of hydrogen-bond acceptors (Lipinski definition) is 2. The maximum atomic E-state index is 13.8. The van der Waals surface area contributed by atoms with E-state index in [4.69, 9.17) is 0 Å². The highest BCUT2D eigenvalue weighted by molar-refractivity contribution is 9.08. The summed E-state index contributed by atoms with van der Waals surface area (Å²) in [6, 6.07) is 5.24. The number of imidazole rings is 1. The Bertz CT molecular complexity index is 567. The first-order valence-corrected chi connectivity index (χ1v) is 7.00. The monoisotopic (exact) mass is 309 g/mol. The maximum absolute atomic E-state index is 13.8. The van der Waals surface area contributed by atoms with E-state index in [1.807, 2.05) is 18.5 Å². The first-order chi connectivity index (χ1) is 8.79. The normalized spacial score (nSPS) is 14.7. The van der Waals surface area contributed by atoms with Gasteiger partial charge in [-0.2, -0.15) is 0 Å². The summed E-state index contributed by atoms with van der Waals surface area (Å²) < 4.78 is 15.9. The van der Waals surface area contributed by atoms with Crippen molar-refractivity contribution in [1.29, 1.82) is 0 Å². The molecule has 0 fully saturated rings. The molecule has 3 rings (SSSR count). The number of hydrogen-bond donors (Lipinski definition) is 0. The lowest BCUT2D eigenvalue weighted by atomic mass is 10.1. The summed E-state index contributed by atoms with van der Waals surface area (Å²) in [5, 5.41) is 0.528. The number of rotatable bonds is 2. The van der Waals surface area contributed by atoms with E-state index in [1.165, 1.54) is 6.07 Å². The van der Waals surface area contributed by atoms with Crippen LogP contribution in [0.5, 0.6) is 0 Å². The van der Waals surface area contributed by atoms with E-state index < -0.39 is 0 Å². The third kappa shape index (κ3) is 1.92. The van der Waals surface area contributed by atoms with Crippen molar-refractivity contribution < 1.29 is 4.39 Å². The fourth-order valence-electron chi connectivity index (χ4n) is 2.35. The Morgan fingerprint density at radius 3 is 3.06 bits per heavy atom. The molecule has 0 bridgehead atoms. The predicted octanol–water partition coefficient (Wildman–Crippen LogP) is 2.94. The molecule has 0 saturated carbocycles. The number of nitrogens with zero attached hydrogens (tertiary/aromatic N) is 3. The SMILES string of the molecule is Fc1cccc(N2CCn3ccnc3C2)c1CBr. The van der Waals surface area contributed by atoms with Gasteiger partial charge in [-0.15, -0.1) is 0 Å². The molecular formula is C13H13BrFN3. The topological polar surface area (TPSA) is 21.1 Å². The lowest BCUT2D eigenvalue weighted by Crippen LogP contribution is -2.34. The summed E-state index contributed by atoms with van der Waals surface area (Å²) in [6.45, 7) is 2.51. The number of aromatic nitrogens is 2. The van der Waals surface area contributed by atoms with Crippen LogP contribution in [0.15, 0.2) is 30.6 Å². The summed E-state index contributed by atoms with van der Waals surface area (Å²) in [5.41, 5.74) is 1.68. The van der Waals surface area contributed by atoms with Gasteiger partial charge in [0.1, 0.15) is 11.6 Å². The van der Waals surface area contributed by atoms with Crippen molar-refractivity contribution in [3.8, 4) is 0 Å². The number of anilines is 1. The van der Waals surface area contributed by atoms with Crippen LogP contribution in [-0.2, 0) is 18.4 Å². The van der Waals surface area contributed by atoms with Crippen LogP contribution >= 0.6 is 15.9 Å². The van der Waals surface area contributed by atoms with Gasteiger partial charge < -0.3 is 9.47 Å². The highest BCUT2D eigenvalue weighted by atomic mass is 79.9. The van der Waals surface area contributed by atoms with Crippen molar-refractivity contribution in [2.45, 2.75) is 18.4 Å². The van der Waals surface area contributed by atoms with E-state index in [-0.39, 0.29) is 5.82 Å². The van der Waals surface area contributed by atoms with Crippen molar-refractivity contribution in [2.24, 2.45) is 0 Å². The lowest BCUT2D eigenvalue weighted by molar-refractivity contribution is 0.555. The van der Waals surface area contributed by atoms with Crippen LogP contribution in [0, 0.1) is 5.82 Å². The van der Waals surface area contributed by atoms with Gasteiger partial charge in [-0.1, -0.05) is 22.0 Å². The van der Waals surface area contributed by atoms with E-state index in [2.05, 4.69) is 30.4 Å².